The predicted octanol–water partition coefficient (Wildman–Crippen LogP) is 3.00. The lowest BCUT2D eigenvalue weighted by Crippen LogP contribution is -2.43. The molecule has 1 fully saturated rings. The standard InChI is InChI=1S/C20H33N3O2/c1-21-19(22-14-10-17-6-8-18(25-3)9-7-17)23-16-20(13-15-24-2)11-4-5-12-20/h6-9H,4-5,10-16H2,1-3H3,(H2,21,22,23). The van der Waals surface area contributed by atoms with E-state index in [1.807, 2.05) is 19.2 Å². The number of rotatable bonds is 9. The minimum atomic E-state index is 0.365. The highest BCUT2D eigenvalue weighted by Crippen LogP contribution is 2.40. The van der Waals surface area contributed by atoms with Crippen LogP contribution in [0.25, 0.3) is 0 Å². The third-order valence-electron chi connectivity index (χ3n) is 5.22. The van der Waals surface area contributed by atoms with Crippen molar-refractivity contribution in [2.45, 2.75) is 38.5 Å². The van der Waals surface area contributed by atoms with Crippen LogP contribution in [-0.2, 0) is 11.2 Å². The highest BCUT2D eigenvalue weighted by molar-refractivity contribution is 5.79. The third kappa shape index (κ3) is 6.24. The van der Waals surface area contributed by atoms with Gasteiger partial charge in [-0.25, -0.2) is 0 Å². The normalized spacial score (nSPS) is 16.7. The Hall–Kier alpha value is -1.75. The van der Waals surface area contributed by atoms with Crippen LogP contribution in [0, 0.1) is 5.41 Å². The monoisotopic (exact) mass is 347 g/mol. The van der Waals surface area contributed by atoms with Crippen molar-refractivity contribution in [1.82, 2.24) is 10.6 Å². The molecule has 2 N–H and O–H groups in total. The van der Waals surface area contributed by atoms with Crippen molar-refractivity contribution in [2.75, 3.05) is 41.0 Å². The van der Waals surface area contributed by atoms with E-state index in [9.17, 15) is 0 Å². The van der Waals surface area contributed by atoms with Gasteiger partial charge in [0, 0.05) is 33.9 Å². The quantitative estimate of drug-likeness (QED) is 0.533. The summed E-state index contributed by atoms with van der Waals surface area (Å²) in [7, 11) is 5.31. The number of methoxy groups -OCH3 is 2. The van der Waals surface area contributed by atoms with Gasteiger partial charge >= 0.3 is 0 Å². The Balaban J connectivity index is 1.75. The van der Waals surface area contributed by atoms with E-state index in [-0.39, 0.29) is 0 Å². The van der Waals surface area contributed by atoms with Crippen molar-refractivity contribution in [1.29, 1.82) is 0 Å². The van der Waals surface area contributed by atoms with Gasteiger partial charge in [0.1, 0.15) is 5.75 Å². The first-order valence-corrected chi connectivity index (χ1v) is 9.28. The molecule has 0 bridgehead atoms. The topological polar surface area (TPSA) is 54.9 Å². The molecule has 2 rings (SSSR count). The Labute approximate surface area is 152 Å². The molecule has 0 aliphatic heterocycles. The summed E-state index contributed by atoms with van der Waals surface area (Å²) in [6.07, 6.45) is 7.31. The van der Waals surface area contributed by atoms with Crippen LogP contribution in [0.1, 0.15) is 37.7 Å². The van der Waals surface area contributed by atoms with Crippen LogP contribution in [0.3, 0.4) is 0 Å². The molecule has 0 aromatic heterocycles. The third-order valence-corrected chi connectivity index (χ3v) is 5.22. The Morgan fingerprint density at radius 3 is 2.44 bits per heavy atom. The smallest absolute Gasteiger partial charge is 0.191 e. The number of hydrogen-bond donors (Lipinski definition) is 2. The molecule has 0 radical (unpaired) electrons. The van der Waals surface area contributed by atoms with Gasteiger partial charge in [0.05, 0.1) is 7.11 Å². The van der Waals surface area contributed by atoms with E-state index >= 15 is 0 Å². The number of aliphatic imine (C=N–C) groups is 1. The summed E-state index contributed by atoms with van der Waals surface area (Å²) < 4.78 is 10.5. The average molecular weight is 348 g/mol. The molecule has 25 heavy (non-hydrogen) atoms. The number of ether oxygens (including phenoxy) is 2. The summed E-state index contributed by atoms with van der Waals surface area (Å²) >= 11 is 0. The first kappa shape index (κ1) is 19.6. The number of nitrogens with zero attached hydrogens (tertiary/aromatic N) is 1. The van der Waals surface area contributed by atoms with Gasteiger partial charge < -0.3 is 20.1 Å². The lowest BCUT2D eigenvalue weighted by atomic mass is 9.83. The second-order valence-corrected chi connectivity index (χ2v) is 6.90. The highest BCUT2D eigenvalue weighted by Gasteiger charge is 2.33. The zero-order chi connectivity index (χ0) is 18.0. The molecule has 0 amide bonds. The molecule has 5 heteroatoms. The predicted molar refractivity (Wildman–Crippen MR) is 103 cm³/mol. The first-order chi connectivity index (χ1) is 12.2. The molecule has 1 aromatic rings. The van der Waals surface area contributed by atoms with E-state index < -0.39 is 0 Å². The number of nitrogens with one attached hydrogen (secondary N) is 2. The number of benzene rings is 1. The van der Waals surface area contributed by atoms with E-state index in [2.05, 4.69) is 27.8 Å². The van der Waals surface area contributed by atoms with E-state index in [1.54, 1.807) is 14.2 Å². The van der Waals surface area contributed by atoms with Crippen molar-refractivity contribution >= 4 is 5.96 Å². The molecular formula is C20H33N3O2. The van der Waals surface area contributed by atoms with Crippen LogP contribution in [0.5, 0.6) is 5.75 Å². The highest BCUT2D eigenvalue weighted by atomic mass is 16.5. The largest absolute Gasteiger partial charge is 0.497 e. The second kappa shape index (κ2) is 10.3. The number of guanidine groups is 1. The fraction of sp³-hybridized carbons (Fsp3) is 0.650. The summed E-state index contributed by atoms with van der Waals surface area (Å²) in [5.41, 5.74) is 1.65. The Bertz CT molecular complexity index is 522. The van der Waals surface area contributed by atoms with Crippen LogP contribution in [0.4, 0.5) is 0 Å². The average Bonchev–Trinajstić information content (AvgIpc) is 3.12. The molecule has 1 aromatic carbocycles. The molecule has 0 unspecified atom stereocenters. The molecule has 1 aliphatic carbocycles. The van der Waals surface area contributed by atoms with Crippen LogP contribution in [-0.4, -0.2) is 46.9 Å². The van der Waals surface area contributed by atoms with Gasteiger partial charge in [0.25, 0.3) is 0 Å². The van der Waals surface area contributed by atoms with E-state index in [1.165, 1.54) is 31.2 Å². The van der Waals surface area contributed by atoms with Crippen molar-refractivity contribution in [3.05, 3.63) is 29.8 Å². The molecule has 140 valence electrons. The van der Waals surface area contributed by atoms with E-state index in [4.69, 9.17) is 9.47 Å². The van der Waals surface area contributed by atoms with Gasteiger partial charge in [-0.2, -0.15) is 0 Å². The minimum Gasteiger partial charge on any atom is -0.497 e. The van der Waals surface area contributed by atoms with Crippen molar-refractivity contribution in [3.8, 4) is 5.75 Å². The fourth-order valence-corrected chi connectivity index (χ4v) is 3.57. The van der Waals surface area contributed by atoms with Gasteiger partial charge in [0.2, 0.25) is 0 Å². The molecule has 0 spiro atoms. The maximum Gasteiger partial charge on any atom is 0.191 e. The zero-order valence-electron chi connectivity index (χ0n) is 15.9. The molecule has 0 atom stereocenters. The van der Waals surface area contributed by atoms with Crippen LogP contribution in [0.15, 0.2) is 29.3 Å². The molecule has 0 heterocycles. The molecule has 0 saturated heterocycles. The van der Waals surface area contributed by atoms with E-state index in [0.717, 1.165) is 44.2 Å². The first-order valence-electron chi connectivity index (χ1n) is 9.28. The van der Waals surface area contributed by atoms with Crippen LogP contribution in [0.2, 0.25) is 0 Å². The lowest BCUT2D eigenvalue weighted by Gasteiger charge is -2.30. The lowest BCUT2D eigenvalue weighted by molar-refractivity contribution is 0.138. The summed E-state index contributed by atoms with van der Waals surface area (Å²) in [5, 5.41) is 6.95. The van der Waals surface area contributed by atoms with Gasteiger partial charge in [-0.05, 0) is 48.8 Å². The fourth-order valence-electron chi connectivity index (χ4n) is 3.57. The van der Waals surface area contributed by atoms with Crippen LogP contribution >= 0.6 is 0 Å². The molecule has 1 saturated carbocycles. The van der Waals surface area contributed by atoms with Crippen molar-refractivity contribution in [2.24, 2.45) is 10.4 Å². The second-order valence-electron chi connectivity index (χ2n) is 6.90. The van der Waals surface area contributed by atoms with E-state index in [0.29, 0.717) is 5.41 Å². The van der Waals surface area contributed by atoms with Crippen molar-refractivity contribution in [3.63, 3.8) is 0 Å². The maximum absolute atomic E-state index is 5.31. The van der Waals surface area contributed by atoms with Gasteiger partial charge in [-0.15, -0.1) is 0 Å². The molecule has 5 nitrogen and oxygen atoms in total. The Kier molecular flexibility index (Phi) is 8.06. The summed E-state index contributed by atoms with van der Waals surface area (Å²) in [5.74, 6) is 1.78. The maximum atomic E-state index is 5.31. The van der Waals surface area contributed by atoms with Gasteiger partial charge in [-0.1, -0.05) is 25.0 Å². The number of hydrogen-bond acceptors (Lipinski definition) is 3. The summed E-state index contributed by atoms with van der Waals surface area (Å²) in [4.78, 5) is 4.36. The molecule has 1 aliphatic rings. The van der Waals surface area contributed by atoms with Crippen molar-refractivity contribution < 1.29 is 9.47 Å². The summed E-state index contributed by atoms with van der Waals surface area (Å²) in [6, 6.07) is 8.22. The Morgan fingerprint density at radius 2 is 1.84 bits per heavy atom. The van der Waals surface area contributed by atoms with Crippen LogP contribution < -0.4 is 15.4 Å². The molecular weight excluding hydrogens is 314 g/mol. The minimum absolute atomic E-state index is 0.365. The zero-order valence-corrected chi connectivity index (χ0v) is 15.9. The van der Waals surface area contributed by atoms with Gasteiger partial charge in [0.15, 0.2) is 5.96 Å². The summed E-state index contributed by atoms with van der Waals surface area (Å²) in [6.45, 7) is 2.67. The Morgan fingerprint density at radius 1 is 1.12 bits per heavy atom. The van der Waals surface area contributed by atoms with Gasteiger partial charge in [-0.3, -0.25) is 4.99 Å². The SMILES string of the molecule is CN=C(NCCc1ccc(OC)cc1)NCC1(CCOC)CCCC1.